The van der Waals surface area contributed by atoms with Gasteiger partial charge in [0.1, 0.15) is 0 Å². The van der Waals surface area contributed by atoms with Crippen LogP contribution >= 0.6 is 0 Å². The Bertz CT molecular complexity index is 365. The van der Waals surface area contributed by atoms with Crippen LogP contribution in [0.25, 0.3) is 0 Å². The van der Waals surface area contributed by atoms with Crippen molar-refractivity contribution in [1.82, 2.24) is 15.5 Å². The van der Waals surface area contributed by atoms with E-state index in [-0.39, 0.29) is 11.9 Å². The second-order valence-corrected chi connectivity index (χ2v) is 4.93. The monoisotopic (exact) mass is 237 g/mol. The number of amides is 1. The molecule has 1 aromatic rings. The SMILES string of the molecule is CCC(C)CC(C)NC(=O)c1c(C)n[nH]c1C. The number of nitrogens with zero attached hydrogens (tertiary/aromatic N) is 1. The van der Waals surface area contributed by atoms with Crippen LogP contribution in [0.1, 0.15) is 55.4 Å². The highest BCUT2D eigenvalue weighted by Crippen LogP contribution is 2.12. The lowest BCUT2D eigenvalue weighted by Gasteiger charge is -2.17. The molecule has 96 valence electrons. The van der Waals surface area contributed by atoms with Crippen molar-refractivity contribution in [2.75, 3.05) is 0 Å². The predicted octanol–water partition coefficient (Wildman–Crippen LogP) is 2.58. The molecule has 0 spiro atoms. The van der Waals surface area contributed by atoms with Crippen molar-refractivity contribution in [3.05, 3.63) is 17.0 Å². The summed E-state index contributed by atoms with van der Waals surface area (Å²) < 4.78 is 0. The standard InChI is InChI=1S/C13H23N3O/c1-6-8(2)7-9(3)14-13(17)12-10(4)15-16-11(12)5/h8-9H,6-7H2,1-5H3,(H,14,17)(H,15,16). The van der Waals surface area contributed by atoms with Crippen LogP contribution in [0.4, 0.5) is 0 Å². The van der Waals surface area contributed by atoms with Crippen LogP contribution in [0.2, 0.25) is 0 Å². The third kappa shape index (κ3) is 3.58. The van der Waals surface area contributed by atoms with Crippen LogP contribution in [0, 0.1) is 19.8 Å². The van der Waals surface area contributed by atoms with Crippen molar-refractivity contribution in [3.63, 3.8) is 0 Å². The van der Waals surface area contributed by atoms with Crippen LogP contribution in [0.3, 0.4) is 0 Å². The number of carbonyl (C=O) groups excluding carboxylic acids is 1. The van der Waals surface area contributed by atoms with Crippen LogP contribution < -0.4 is 5.32 Å². The maximum absolute atomic E-state index is 12.1. The molecule has 0 aliphatic heterocycles. The zero-order valence-electron chi connectivity index (χ0n) is 11.4. The maximum Gasteiger partial charge on any atom is 0.255 e. The highest BCUT2D eigenvalue weighted by atomic mass is 16.1. The third-order valence-corrected chi connectivity index (χ3v) is 3.19. The van der Waals surface area contributed by atoms with E-state index in [0.717, 1.165) is 24.2 Å². The Labute approximate surface area is 103 Å². The van der Waals surface area contributed by atoms with E-state index in [1.807, 2.05) is 13.8 Å². The van der Waals surface area contributed by atoms with Gasteiger partial charge < -0.3 is 5.32 Å². The summed E-state index contributed by atoms with van der Waals surface area (Å²) in [6.45, 7) is 10.1. The van der Waals surface area contributed by atoms with Gasteiger partial charge in [-0.2, -0.15) is 5.10 Å². The van der Waals surface area contributed by atoms with Gasteiger partial charge in [0, 0.05) is 11.7 Å². The molecule has 0 aliphatic rings. The van der Waals surface area contributed by atoms with E-state index in [1.165, 1.54) is 0 Å². The smallest absolute Gasteiger partial charge is 0.255 e. The molecule has 4 heteroatoms. The van der Waals surface area contributed by atoms with Gasteiger partial charge in [0.25, 0.3) is 5.91 Å². The first-order chi connectivity index (χ1) is 7.95. The number of aromatic nitrogens is 2. The molecule has 2 N–H and O–H groups in total. The quantitative estimate of drug-likeness (QED) is 0.827. The summed E-state index contributed by atoms with van der Waals surface area (Å²) in [6.07, 6.45) is 2.15. The number of carbonyl (C=O) groups is 1. The highest BCUT2D eigenvalue weighted by Gasteiger charge is 2.17. The van der Waals surface area contributed by atoms with E-state index in [0.29, 0.717) is 11.5 Å². The van der Waals surface area contributed by atoms with Crippen molar-refractivity contribution in [3.8, 4) is 0 Å². The number of aromatic amines is 1. The zero-order valence-corrected chi connectivity index (χ0v) is 11.4. The fourth-order valence-corrected chi connectivity index (χ4v) is 2.01. The third-order valence-electron chi connectivity index (χ3n) is 3.19. The maximum atomic E-state index is 12.1. The fraction of sp³-hybridized carbons (Fsp3) is 0.692. The van der Waals surface area contributed by atoms with Crippen molar-refractivity contribution < 1.29 is 4.79 Å². The van der Waals surface area contributed by atoms with Crippen LogP contribution in [-0.4, -0.2) is 22.1 Å². The Kier molecular flexibility index (Phi) is 4.73. The number of nitrogens with one attached hydrogen (secondary N) is 2. The molecule has 2 unspecified atom stereocenters. The summed E-state index contributed by atoms with van der Waals surface area (Å²) in [5.41, 5.74) is 2.27. The Morgan fingerprint density at radius 3 is 2.53 bits per heavy atom. The first-order valence-electron chi connectivity index (χ1n) is 6.28. The average molecular weight is 237 g/mol. The summed E-state index contributed by atoms with van der Waals surface area (Å²) in [6, 6.07) is 0.200. The topological polar surface area (TPSA) is 57.8 Å². The van der Waals surface area contributed by atoms with Crippen molar-refractivity contribution in [2.24, 2.45) is 5.92 Å². The van der Waals surface area contributed by atoms with Gasteiger partial charge in [-0.3, -0.25) is 9.89 Å². The van der Waals surface area contributed by atoms with Crippen molar-refractivity contribution in [1.29, 1.82) is 0 Å². The van der Waals surface area contributed by atoms with Gasteiger partial charge >= 0.3 is 0 Å². The minimum atomic E-state index is -0.0236. The van der Waals surface area contributed by atoms with E-state index >= 15 is 0 Å². The largest absolute Gasteiger partial charge is 0.349 e. The number of aryl methyl sites for hydroxylation is 2. The lowest BCUT2D eigenvalue weighted by Crippen LogP contribution is -2.34. The van der Waals surface area contributed by atoms with Crippen LogP contribution in [0.15, 0.2) is 0 Å². The molecule has 0 bridgehead atoms. The zero-order chi connectivity index (χ0) is 13.0. The molecular weight excluding hydrogens is 214 g/mol. The molecule has 1 rings (SSSR count). The lowest BCUT2D eigenvalue weighted by molar-refractivity contribution is 0.0934. The van der Waals surface area contributed by atoms with E-state index in [4.69, 9.17) is 0 Å². The molecule has 17 heavy (non-hydrogen) atoms. The summed E-state index contributed by atoms with van der Waals surface area (Å²) in [4.78, 5) is 12.1. The molecule has 1 aromatic heterocycles. The lowest BCUT2D eigenvalue weighted by atomic mass is 10.00. The van der Waals surface area contributed by atoms with Gasteiger partial charge in [0.15, 0.2) is 0 Å². The Morgan fingerprint density at radius 1 is 1.41 bits per heavy atom. The van der Waals surface area contributed by atoms with Gasteiger partial charge in [0.05, 0.1) is 11.3 Å². The number of hydrogen-bond acceptors (Lipinski definition) is 2. The second-order valence-electron chi connectivity index (χ2n) is 4.93. The molecule has 0 saturated heterocycles. The molecule has 4 nitrogen and oxygen atoms in total. The molecule has 0 radical (unpaired) electrons. The van der Waals surface area contributed by atoms with Crippen LogP contribution in [0.5, 0.6) is 0 Å². The fourth-order valence-electron chi connectivity index (χ4n) is 2.01. The molecule has 1 heterocycles. The Morgan fingerprint density at radius 2 is 2.06 bits per heavy atom. The van der Waals surface area contributed by atoms with Gasteiger partial charge in [-0.25, -0.2) is 0 Å². The minimum absolute atomic E-state index is 0.0236. The van der Waals surface area contributed by atoms with Gasteiger partial charge in [-0.05, 0) is 33.1 Å². The predicted molar refractivity (Wildman–Crippen MR) is 69.1 cm³/mol. The van der Waals surface area contributed by atoms with E-state index in [1.54, 1.807) is 0 Å². The van der Waals surface area contributed by atoms with Crippen LogP contribution in [-0.2, 0) is 0 Å². The van der Waals surface area contributed by atoms with Gasteiger partial charge in [0.2, 0.25) is 0 Å². The van der Waals surface area contributed by atoms with E-state index in [2.05, 4.69) is 36.3 Å². The number of H-pyrrole nitrogens is 1. The Balaban J connectivity index is 2.61. The molecule has 0 aliphatic carbocycles. The molecule has 0 fully saturated rings. The molecule has 0 saturated carbocycles. The second kappa shape index (κ2) is 5.84. The first kappa shape index (κ1) is 13.7. The first-order valence-corrected chi connectivity index (χ1v) is 6.28. The van der Waals surface area contributed by atoms with Gasteiger partial charge in [-0.1, -0.05) is 20.3 Å². The average Bonchev–Trinajstić information content (AvgIpc) is 2.57. The minimum Gasteiger partial charge on any atom is -0.349 e. The van der Waals surface area contributed by atoms with Gasteiger partial charge in [-0.15, -0.1) is 0 Å². The molecular formula is C13H23N3O. The molecule has 2 atom stereocenters. The number of hydrogen-bond donors (Lipinski definition) is 2. The molecule has 1 amide bonds. The van der Waals surface area contributed by atoms with Crippen molar-refractivity contribution >= 4 is 5.91 Å². The normalized spacial score (nSPS) is 14.4. The van der Waals surface area contributed by atoms with Crippen molar-refractivity contribution in [2.45, 2.75) is 53.5 Å². The summed E-state index contributed by atoms with van der Waals surface area (Å²) in [5.74, 6) is 0.612. The number of rotatable bonds is 5. The van der Waals surface area contributed by atoms with E-state index in [9.17, 15) is 4.79 Å². The highest BCUT2D eigenvalue weighted by molar-refractivity contribution is 5.96. The summed E-state index contributed by atoms with van der Waals surface area (Å²) in [5, 5.41) is 9.90. The summed E-state index contributed by atoms with van der Waals surface area (Å²) >= 11 is 0. The Hall–Kier alpha value is -1.32. The van der Waals surface area contributed by atoms with E-state index < -0.39 is 0 Å². The summed E-state index contributed by atoms with van der Waals surface area (Å²) in [7, 11) is 0. The molecule has 0 aromatic carbocycles.